The van der Waals surface area contributed by atoms with Crippen LogP contribution in [0.4, 0.5) is 0 Å². The van der Waals surface area contributed by atoms with E-state index in [0.717, 1.165) is 0 Å². The monoisotopic (exact) mass is 182 g/mol. The maximum Gasteiger partial charge on any atom is 0.142 e. The third-order valence-electron chi connectivity index (χ3n) is 1.38. The van der Waals surface area contributed by atoms with Crippen LogP contribution in [-0.2, 0) is 9.59 Å². The van der Waals surface area contributed by atoms with Gasteiger partial charge >= 0.3 is 0 Å². The summed E-state index contributed by atoms with van der Waals surface area (Å²) >= 11 is 0. The van der Waals surface area contributed by atoms with Gasteiger partial charge in [0.05, 0.1) is 0 Å². The number of carbonyl (C=O) groups is 2. The predicted molar refractivity (Wildman–Crippen MR) is 46.6 cm³/mol. The van der Waals surface area contributed by atoms with Crippen molar-refractivity contribution in [2.24, 2.45) is 0 Å². The topological polar surface area (TPSA) is 60.4 Å². The molecule has 0 amide bonds. The minimum Gasteiger partial charge on any atom is -0.550 e. The Hall–Kier alpha value is -1.58. The van der Waals surface area contributed by atoms with Gasteiger partial charge in [0.2, 0.25) is 0 Å². The second-order valence-corrected chi connectivity index (χ2v) is 2.62. The van der Waals surface area contributed by atoms with Crippen molar-refractivity contribution in [1.82, 2.24) is 4.90 Å². The van der Waals surface area contributed by atoms with E-state index in [9.17, 15) is 14.7 Å². The minimum atomic E-state index is -1.14. The molecule has 0 atom stereocenters. The normalized spacial score (nSPS) is 11.7. The summed E-state index contributed by atoms with van der Waals surface area (Å²) in [4.78, 5) is 21.9. The van der Waals surface area contributed by atoms with Crippen molar-refractivity contribution in [3.05, 3.63) is 23.9 Å². The summed E-state index contributed by atoms with van der Waals surface area (Å²) in [7, 11) is 3.45. The van der Waals surface area contributed by atoms with Crippen LogP contribution in [0.1, 0.15) is 6.42 Å². The summed E-state index contributed by atoms with van der Waals surface area (Å²) in [6, 6.07) is 0. The molecule has 0 saturated carbocycles. The fourth-order valence-electron chi connectivity index (χ4n) is 0.726. The molecule has 0 bridgehead atoms. The number of carbonyl (C=O) groups excluding carboxylic acids is 2. The zero-order valence-corrected chi connectivity index (χ0v) is 7.69. The van der Waals surface area contributed by atoms with Crippen LogP contribution < -0.4 is 5.11 Å². The molecule has 4 nitrogen and oxygen atoms in total. The van der Waals surface area contributed by atoms with Gasteiger partial charge in [-0.1, -0.05) is 6.08 Å². The van der Waals surface area contributed by atoms with E-state index in [1.54, 1.807) is 25.1 Å². The summed E-state index contributed by atoms with van der Waals surface area (Å²) in [6.45, 7) is 0. The van der Waals surface area contributed by atoms with Crippen molar-refractivity contribution in [2.45, 2.75) is 6.42 Å². The minimum absolute atomic E-state index is 0.157. The summed E-state index contributed by atoms with van der Waals surface area (Å²) in [6.07, 6.45) is 4.81. The van der Waals surface area contributed by atoms with Gasteiger partial charge in [0.1, 0.15) is 6.29 Å². The van der Waals surface area contributed by atoms with Gasteiger partial charge in [0, 0.05) is 32.2 Å². The van der Waals surface area contributed by atoms with Gasteiger partial charge in [0.15, 0.2) is 0 Å². The fourth-order valence-corrected chi connectivity index (χ4v) is 0.726. The van der Waals surface area contributed by atoms with E-state index < -0.39 is 5.97 Å². The highest BCUT2D eigenvalue weighted by Gasteiger charge is 1.97. The molecule has 0 aromatic carbocycles. The SMILES string of the molecule is CN(C)/C(=C\C=C\C=O)CC(=O)[O-]. The second-order valence-electron chi connectivity index (χ2n) is 2.62. The van der Waals surface area contributed by atoms with Gasteiger partial charge in [-0.3, -0.25) is 4.79 Å². The van der Waals surface area contributed by atoms with E-state index in [4.69, 9.17) is 0 Å². The Balaban J connectivity index is 4.40. The molecule has 0 aliphatic carbocycles. The quantitative estimate of drug-likeness (QED) is 0.321. The molecule has 0 aromatic rings. The number of aliphatic carboxylic acids is 1. The lowest BCUT2D eigenvalue weighted by molar-refractivity contribution is -0.304. The number of aldehydes is 1. The molecule has 0 N–H and O–H groups in total. The lowest BCUT2D eigenvalue weighted by Gasteiger charge is -2.16. The molecule has 0 heterocycles. The summed E-state index contributed by atoms with van der Waals surface area (Å²) in [5.74, 6) is -1.14. The highest BCUT2D eigenvalue weighted by Crippen LogP contribution is 2.03. The van der Waals surface area contributed by atoms with E-state index >= 15 is 0 Å². The molecule has 0 aliphatic rings. The average molecular weight is 182 g/mol. The van der Waals surface area contributed by atoms with Gasteiger partial charge in [-0.2, -0.15) is 0 Å². The molecule has 0 saturated heterocycles. The van der Waals surface area contributed by atoms with Gasteiger partial charge < -0.3 is 14.8 Å². The molecule has 0 aromatic heterocycles. The summed E-state index contributed by atoms with van der Waals surface area (Å²) < 4.78 is 0. The molecular formula is C9H12NO3-. The van der Waals surface area contributed by atoms with E-state index in [1.807, 2.05) is 0 Å². The van der Waals surface area contributed by atoms with Crippen molar-refractivity contribution in [3.8, 4) is 0 Å². The molecule has 13 heavy (non-hydrogen) atoms. The molecule has 0 spiro atoms. The number of carboxylic acids is 1. The number of carboxylic acid groups (broad SMARTS) is 1. The first-order valence-electron chi connectivity index (χ1n) is 3.76. The molecule has 0 aliphatic heterocycles. The van der Waals surface area contributed by atoms with E-state index in [0.29, 0.717) is 12.0 Å². The zero-order chi connectivity index (χ0) is 10.3. The third-order valence-corrected chi connectivity index (χ3v) is 1.38. The van der Waals surface area contributed by atoms with Crippen LogP contribution in [0.2, 0.25) is 0 Å². The van der Waals surface area contributed by atoms with Crippen LogP contribution in [0.15, 0.2) is 23.9 Å². The van der Waals surface area contributed by atoms with E-state index in [2.05, 4.69) is 0 Å². The first-order chi connectivity index (χ1) is 6.07. The van der Waals surface area contributed by atoms with Crippen molar-refractivity contribution in [3.63, 3.8) is 0 Å². The molecule has 0 rings (SSSR count). The maximum absolute atomic E-state index is 10.3. The van der Waals surface area contributed by atoms with Crippen LogP contribution in [0.5, 0.6) is 0 Å². The molecule has 4 heteroatoms. The Morgan fingerprint density at radius 3 is 2.38 bits per heavy atom. The van der Waals surface area contributed by atoms with Crippen LogP contribution >= 0.6 is 0 Å². The van der Waals surface area contributed by atoms with Crippen molar-refractivity contribution < 1.29 is 14.7 Å². The second kappa shape index (κ2) is 5.99. The number of hydrogen-bond donors (Lipinski definition) is 0. The highest BCUT2D eigenvalue weighted by molar-refractivity contribution is 5.68. The highest BCUT2D eigenvalue weighted by atomic mass is 16.4. The van der Waals surface area contributed by atoms with Gasteiger partial charge in [-0.25, -0.2) is 0 Å². The van der Waals surface area contributed by atoms with Crippen LogP contribution in [-0.4, -0.2) is 31.3 Å². The number of rotatable bonds is 5. The predicted octanol–water partition coefficient (Wildman–Crippen LogP) is -0.673. The summed E-state index contributed by atoms with van der Waals surface area (Å²) in [5.41, 5.74) is 0.582. The van der Waals surface area contributed by atoms with Crippen LogP contribution in [0.3, 0.4) is 0 Å². The zero-order valence-electron chi connectivity index (χ0n) is 7.69. The summed E-state index contributed by atoms with van der Waals surface area (Å²) in [5, 5.41) is 10.3. The third kappa shape index (κ3) is 5.66. The molecule has 0 radical (unpaired) electrons. The largest absolute Gasteiger partial charge is 0.550 e. The van der Waals surface area contributed by atoms with E-state index in [1.165, 1.54) is 12.2 Å². The van der Waals surface area contributed by atoms with Crippen molar-refractivity contribution >= 4 is 12.3 Å². The number of hydrogen-bond acceptors (Lipinski definition) is 4. The fraction of sp³-hybridized carbons (Fsp3) is 0.333. The van der Waals surface area contributed by atoms with Crippen molar-refractivity contribution in [1.29, 1.82) is 0 Å². The maximum atomic E-state index is 10.3. The molecule has 0 fully saturated rings. The van der Waals surface area contributed by atoms with Gasteiger partial charge in [-0.05, 0) is 12.2 Å². The number of nitrogens with zero attached hydrogens (tertiary/aromatic N) is 1. The van der Waals surface area contributed by atoms with Crippen LogP contribution in [0.25, 0.3) is 0 Å². The first-order valence-corrected chi connectivity index (χ1v) is 3.76. The lowest BCUT2D eigenvalue weighted by Crippen LogP contribution is -2.26. The van der Waals surface area contributed by atoms with Gasteiger partial charge in [-0.15, -0.1) is 0 Å². The van der Waals surface area contributed by atoms with Gasteiger partial charge in [0.25, 0.3) is 0 Å². The Morgan fingerprint density at radius 2 is 2.00 bits per heavy atom. The van der Waals surface area contributed by atoms with Crippen LogP contribution in [0, 0.1) is 0 Å². The molecule has 0 unspecified atom stereocenters. The van der Waals surface area contributed by atoms with E-state index in [-0.39, 0.29) is 6.42 Å². The average Bonchev–Trinajstić information content (AvgIpc) is 2.02. The first kappa shape index (κ1) is 11.4. The van der Waals surface area contributed by atoms with Crippen molar-refractivity contribution in [2.75, 3.05) is 14.1 Å². The standard InChI is InChI=1S/C9H13NO3/c1-10(2)8(7-9(12)13)5-3-4-6-11/h3-6H,7H2,1-2H3,(H,12,13)/p-1/b4-3+,8-5-. The molecule has 72 valence electrons. The lowest BCUT2D eigenvalue weighted by atomic mass is 10.2. The molecular weight excluding hydrogens is 170 g/mol. The Kier molecular flexibility index (Phi) is 5.27. The smallest absolute Gasteiger partial charge is 0.142 e. The Morgan fingerprint density at radius 1 is 1.38 bits per heavy atom. The Labute approximate surface area is 77.2 Å². The Bertz CT molecular complexity index is 241. The number of allylic oxidation sites excluding steroid dienone is 3.